The highest BCUT2D eigenvalue weighted by molar-refractivity contribution is 5.94. The van der Waals surface area contributed by atoms with Gasteiger partial charge in [-0.05, 0) is 50.2 Å². The van der Waals surface area contributed by atoms with Gasteiger partial charge in [0.2, 0.25) is 0 Å². The summed E-state index contributed by atoms with van der Waals surface area (Å²) in [4.78, 5) is 14.8. The quantitative estimate of drug-likeness (QED) is 0.897. The van der Waals surface area contributed by atoms with E-state index in [9.17, 15) is 4.79 Å². The van der Waals surface area contributed by atoms with Crippen molar-refractivity contribution in [1.82, 2.24) is 15.5 Å². The lowest BCUT2D eigenvalue weighted by molar-refractivity contribution is 0.0799. The van der Waals surface area contributed by atoms with E-state index >= 15 is 0 Å². The van der Waals surface area contributed by atoms with E-state index in [1.807, 2.05) is 12.1 Å². The van der Waals surface area contributed by atoms with Crippen LogP contribution < -0.4 is 10.6 Å². The molecule has 1 amide bonds. The molecule has 1 aromatic rings. The first-order chi connectivity index (χ1) is 10.6. The Labute approximate surface area is 133 Å². The van der Waals surface area contributed by atoms with Gasteiger partial charge in [-0.2, -0.15) is 0 Å². The number of nitrogens with zero attached hydrogens (tertiary/aromatic N) is 1. The van der Waals surface area contributed by atoms with E-state index < -0.39 is 0 Å². The van der Waals surface area contributed by atoms with Gasteiger partial charge in [0.05, 0.1) is 0 Å². The van der Waals surface area contributed by atoms with Crippen LogP contribution in [-0.4, -0.2) is 37.0 Å². The summed E-state index contributed by atoms with van der Waals surface area (Å²) in [6, 6.07) is 6.06. The molecule has 0 radical (unpaired) electrons. The van der Waals surface area contributed by atoms with Gasteiger partial charge < -0.3 is 15.5 Å². The van der Waals surface area contributed by atoms with Crippen LogP contribution in [0.25, 0.3) is 0 Å². The van der Waals surface area contributed by atoms with Crippen molar-refractivity contribution in [3.63, 3.8) is 0 Å². The fourth-order valence-corrected chi connectivity index (χ4v) is 3.77. The number of nitrogens with one attached hydrogen (secondary N) is 2. The Morgan fingerprint density at radius 2 is 1.91 bits per heavy atom. The predicted octanol–water partition coefficient (Wildman–Crippen LogP) is 2.28. The molecule has 1 heterocycles. The standard InChI is InChI=1S/C18H27N3O/c1-21(2)18(8-4-3-5-9-18)13-20-17(22)14-6-7-15-11-19-12-16(15)10-14/h6-7,10,19H,3-5,8-9,11-13H2,1-2H3,(H,20,22). The highest BCUT2D eigenvalue weighted by Gasteiger charge is 2.34. The maximum atomic E-state index is 12.5. The molecule has 1 aliphatic heterocycles. The van der Waals surface area contributed by atoms with Crippen molar-refractivity contribution in [2.75, 3.05) is 20.6 Å². The average molecular weight is 301 g/mol. The van der Waals surface area contributed by atoms with Crippen LogP contribution in [-0.2, 0) is 13.1 Å². The van der Waals surface area contributed by atoms with Gasteiger partial charge in [-0.1, -0.05) is 25.3 Å². The number of carbonyl (C=O) groups is 1. The molecular weight excluding hydrogens is 274 g/mol. The molecule has 1 aromatic carbocycles. The summed E-state index contributed by atoms with van der Waals surface area (Å²) >= 11 is 0. The average Bonchev–Trinajstić information content (AvgIpc) is 3.01. The molecular formula is C18H27N3O. The lowest BCUT2D eigenvalue weighted by atomic mass is 9.80. The third kappa shape index (κ3) is 3.03. The van der Waals surface area contributed by atoms with Crippen LogP contribution >= 0.6 is 0 Å². The fraction of sp³-hybridized carbons (Fsp3) is 0.611. The smallest absolute Gasteiger partial charge is 0.251 e. The molecule has 0 unspecified atom stereocenters. The van der Waals surface area contributed by atoms with E-state index in [0.717, 1.165) is 25.2 Å². The van der Waals surface area contributed by atoms with Crippen LogP contribution in [0.3, 0.4) is 0 Å². The molecule has 1 fully saturated rings. The summed E-state index contributed by atoms with van der Waals surface area (Å²) in [7, 11) is 4.27. The number of amides is 1. The van der Waals surface area contributed by atoms with Crippen LogP contribution in [0.15, 0.2) is 18.2 Å². The monoisotopic (exact) mass is 301 g/mol. The summed E-state index contributed by atoms with van der Waals surface area (Å²) in [6.45, 7) is 2.53. The van der Waals surface area contributed by atoms with Crippen LogP contribution in [0.2, 0.25) is 0 Å². The second-order valence-corrected chi connectivity index (χ2v) is 6.95. The van der Waals surface area contributed by atoms with Gasteiger partial charge in [0.1, 0.15) is 0 Å². The zero-order chi connectivity index (χ0) is 15.6. The molecule has 2 N–H and O–H groups in total. The number of hydrogen-bond donors (Lipinski definition) is 2. The Balaban J connectivity index is 1.66. The number of benzene rings is 1. The van der Waals surface area contributed by atoms with Crippen LogP contribution in [0.4, 0.5) is 0 Å². The van der Waals surface area contributed by atoms with Crippen molar-refractivity contribution >= 4 is 5.91 Å². The lowest BCUT2D eigenvalue weighted by Crippen LogP contribution is -2.53. The molecule has 0 bridgehead atoms. The van der Waals surface area contributed by atoms with Crippen LogP contribution in [0.1, 0.15) is 53.6 Å². The zero-order valence-corrected chi connectivity index (χ0v) is 13.7. The molecule has 22 heavy (non-hydrogen) atoms. The third-order valence-electron chi connectivity index (χ3n) is 5.41. The Bertz CT molecular complexity index is 547. The minimum Gasteiger partial charge on any atom is -0.350 e. The first-order valence-corrected chi connectivity index (χ1v) is 8.39. The molecule has 0 spiro atoms. The molecule has 1 saturated carbocycles. The summed E-state index contributed by atoms with van der Waals surface area (Å²) in [5, 5.41) is 6.50. The van der Waals surface area contributed by atoms with Gasteiger partial charge in [-0.3, -0.25) is 4.79 Å². The number of hydrogen-bond acceptors (Lipinski definition) is 3. The fourth-order valence-electron chi connectivity index (χ4n) is 3.77. The van der Waals surface area contributed by atoms with Crippen molar-refractivity contribution < 1.29 is 4.79 Å². The predicted molar refractivity (Wildman–Crippen MR) is 88.8 cm³/mol. The SMILES string of the molecule is CN(C)C1(CNC(=O)c2ccc3c(c2)CNC3)CCCCC1. The maximum Gasteiger partial charge on any atom is 0.251 e. The minimum absolute atomic E-state index is 0.0569. The molecule has 0 atom stereocenters. The van der Waals surface area contributed by atoms with Gasteiger partial charge in [-0.25, -0.2) is 0 Å². The molecule has 2 aliphatic rings. The highest BCUT2D eigenvalue weighted by atomic mass is 16.1. The van der Waals surface area contributed by atoms with E-state index in [1.54, 1.807) is 0 Å². The van der Waals surface area contributed by atoms with Gasteiger partial charge in [-0.15, -0.1) is 0 Å². The van der Waals surface area contributed by atoms with E-state index in [0.29, 0.717) is 0 Å². The summed E-state index contributed by atoms with van der Waals surface area (Å²) in [5.74, 6) is 0.0569. The minimum atomic E-state index is 0.0569. The zero-order valence-electron chi connectivity index (χ0n) is 13.7. The van der Waals surface area contributed by atoms with Gasteiger partial charge in [0.25, 0.3) is 5.91 Å². The Kier molecular flexibility index (Phi) is 4.50. The van der Waals surface area contributed by atoms with Crippen LogP contribution in [0, 0.1) is 0 Å². The highest BCUT2D eigenvalue weighted by Crippen LogP contribution is 2.31. The molecule has 4 heteroatoms. The normalized spacial score (nSPS) is 20.0. The second kappa shape index (κ2) is 6.39. The lowest BCUT2D eigenvalue weighted by Gasteiger charge is -2.43. The molecule has 0 aromatic heterocycles. The Morgan fingerprint density at radius 1 is 1.18 bits per heavy atom. The number of rotatable bonds is 4. The number of carbonyl (C=O) groups excluding carboxylic acids is 1. The van der Waals surface area contributed by atoms with Crippen molar-refractivity contribution in [2.45, 2.75) is 50.7 Å². The van der Waals surface area contributed by atoms with Gasteiger partial charge in [0.15, 0.2) is 0 Å². The Hall–Kier alpha value is -1.39. The second-order valence-electron chi connectivity index (χ2n) is 6.95. The molecule has 120 valence electrons. The topological polar surface area (TPSA) is 44.4 Å². The van der Waals surface area contributed by atoms with Crippen LogP contribution in [0.5, 0.6) is 0 Å². The third-order valence-corrected chi connectivity index (χ3v) is 5.41. The van der Waals surface area contributed by atoms with Crippen molar-refractivity contribution in [1.29, 1.82) is 0 Å². The van der Waals surface area contributed by atoms with Crippen molar-refractivity contribution in [3.05, 3.63) is 34.9 Å². The molecule has 4 nitrogen and oxygen atoms in total. The number of likely N-dealkylation sites (N-methyl/N-ethyl adjacent to an activating group) is 1. The molecule has 1 aliphatic carbocycles. The van der Waals surface area contributed by atoms with E-state index in [1.165, 1.54) is 43.2 Å². The van der Waals surface area contributed by atoms with Crippen molar-refractivity contribution in [2.24, 2.45) is 0 Å². The molecule has 0 saturated heterocycles. The van der Waals surface area contributed by atoms with Crippen molar-refractivity contribution in [3.8, 4) is 0 Å². The summed E-state index contributed by atoms with van der Waals surface area (Å²) in [5.41, 5.74) is 3.49. The van der Waals surface area contributed by atoms with E-state index in [-0.39, 0.29) is 11.4 Å². The van der Waals surface area contributed by atoms with E-state index in [2.05, 4.69) is 35.7 Å². The summed E-state index contributed by atoms with van der Waals surface area (Å²) < 4.78 is 0. The molecule has 3 rings (SSSR count). The summed E-state index contributed by atoms with van der Waals surface area (Å²) in [6.07, 6.45) is 6.20. The number of fused-ring (bicyclic) bond motifs is 1. The van der Waals surface area contributed by atoms with Gasteiger partial charge >= 0.3 is 0 Å². The van der Waals surface area contributed by atoms with E-state index in [4.69, 9.17) is 0 Å². The Morgan fingerprint density at radius 3 is 2.64 bits per heavy atom. The largest absolute Gasteiger partial charge is 0.350 e. The van der Waals surface area contributed by atoms with Gasteiger partial charge in [0, 0.05) is 30.7 Å². The first-order valence-electron chi connectivity index (χ1n) is 8.39. The maximum absolute atomic E-state index is 12.5. The first kappa shape index (κ1) is 15.5.